The monoisotopic (exact) mass is 475 g/mol. The number of carbonyl (C=O) groups excluding carboxylic acids is 1. The predicted molar refractivity (Wildman–Crippen MR) is 131 cm³/mol. The van der Waals surface area contributed by atoms with Crippen molar-refractivity contribution >= 4 is 26.8 Å². The zero-order valence-electron chi connectivity index (χ0n) is 19.9. The SMILES string of the molecule is CCN1CCN(CCNC(=O)C2CCN(S(=O)(=O)c3ccc4c(ccn4CC)c3)CC2)CC1. The fourth-order valence-electron chi connectivity index (χ4n) is 4.93. The summed E-state index contributed by atoms with van der Waals surface area (Å²) < 4.78 is 30.0. The maximum atomic E-state index is 13.2. The Morgan fingerprint density at radius 3 is 2.33 bits per heavy atom. The topological polar surface area (TPSA) is 77.9 Å². The third-order valence-electron chi connectivity index (χ3n) is 7.19. The van der Waals surface area contributed by atoms with E-state index in [1.165, 1.54) is 4.31 Å². The number of likely N-dealkylation sites (N-methyl/N-ethyl adjacent to an activating group) is 1. The number of aryl methyl sites for hydroxylation is 1. The normalized spacial score (nSPS) is 19.8. The maximum Gasteiger partial charge on any atom is 0.243 e. The van der Waals surface area contributed by atoms with Gasteiger partial charge in [0.15, 0.2) is 0 Å². The predicted octanol–water partition coefficient (Wildman–Crippen LogP) is 1.82. The first-order valence-electron chi connectivity index (χ1n) is 12.2. The van der Waals surface area contributed by atoms with Crippen molar-refractivity contribution in [2.75, 3.05) is 58.9 Å². The van der Waals surface area contributed by atoms with E-state index in [2.05, 4.69) is 33.5 Å². The van der Waals surface area contributed by atoms with Crippen molar-refractivity contribution in [3.8, 4) is 0 Å². The van der Waals surface area contributed by atoms with Crippen molar-refractivity contribution in [3.05, 3.63) is 30.5 Å². The number of nitrogens with zero attached hydrogens (tertiary/aromatic N) is 4. The van der Waals surface area contributed by atoms with E-state index >= 15 is 0 Å². The van der Waals surface area contributed by atoms with Crippen LogP contribution in [0.2, 0.25) is 0 Å². The molecular weight excluding hydrogens is 438 g/mol. The Hall–Kier alpha value is -1.94. The molecule has 2 aromatic rings. The molecule has 1 amide bonds. The van der Waals surface area contributed by atoms with Crippen LogP contribution in [0.4, 0.5) is 0 Å². The molecule has 0 bridgehead atoms. The Labute approximate surface area is 197 Å². The van der Waals surface area contributed by atoms with E-state index in [9.17, 15) is 13.2 Å². The lowest BCUT2D eigenvalue weighted by Crippen LogP contribution is -2.49. The first-order valence-corrected chi connectivity index (χ1v) is 13.7. The van der Waals surface area contributed by atoms with E-state index in [-0.39, 0.29) is 11.8 Å². The fourth-order valence-corrected chi connectivity index (χ4v) is 6.44. The van der Waals surface area contributed by atoms with Gasteiger partial charge in [0.05, 0.1) is 4.90 Å². The molecule has 2 fully saturated rings. The molecule has 1 aromatic heterocycles. The summed E-state index contributed by atoms with van der Waals surface area (Å²) in [5.74, 6) is -0.0592. The Bertz CT molecular complexity index is 1050. The molecule has 9 heteroatoms. The highest BCUT2D eigenvalue weighted by molar-refractivity contribution is 7.89. The lowest BCUT2D eigenvalue weighted by molar-refractivity contribution is -0.126. The highest BCUT2D eigenvalue weighted by atomic mass is 32.2. The van der Waals surface area contributed by atoms with Crippen molar-refractivity contribution in [1.82, 2.24) is 24.0 Å². The lowest BCUT2D eigenvalue weighted by Gasteiger charge is -2.34. The van der Waals surface area contributed by atoms with Crippen molar-refractivity contribution in [2.45, 2.75) is 38.1 Å². The van der Waals surface area contributed by atoms with Crippen LogP contribution in [0.1, 0.15) is 26.7 Å². The average molecular weight is 476 g/mol. The molecule has 0 unspecified atom stereocenters. The summed E-state index contributed by atoms with van der Waals surface area (Å²) in [5, 5.41) is 4.01. The van der Waals surface area contributed by atoms with Crippen LogP contribution in [0, 0.1) is 5.92 Å². The fraction of sp³-hybridized carbons (Fsp3) is 0.625. The Morgan fingerprint density at radius 2 is 1.67 bits per heavy atom. The van der Waals surface area contributed by atoms with Crippen LogP contribution >= 0.6 is 0 Å². The Balaban J connectivity index is 1.26. The molecule has 0 aliphatic carbocycles. The van der Waals surface area contributed by atoms with Crippen molar-refractivity contribution in [2.24, 2.45) is 5.92 Å². The van der Waals surface area contributed by atoms with Gasteiger partial charge >= 0.3 is 0 Å². The molecule has 1 N–H and O–H groups in total. The summed E-state index contributed by atoms with van der Waals surface area (Å²) in [4.78, 5) is 17.8. The molecule has 2 aliphatic heterocycles. The number of nitrogens with one attached hydrogen (secondary N) is 1. The number of hydrogen-bond donors (Lipinski definition) is 1. The van der Waals surface area contributed by atoms with Gasteiger partial charge in [0.1, 0.15) is 0 Å². The maximum absolute atomic E-state index is 13.2. The van der Waals surface area contributed by atoms with E-state index in [1.54, 1.807) is 12.1 Å². The number of amides is 1. The minimum atomic E-state index is -3.56. The van der Waals surface area contributed by atoms with E-state index in [0.29, 0.717) is 37.4 Å². The molecule has 3 heterocycles. The molecule has 2 saturated heterocycles. The van der Waals surface area contributed by atoms with Gasteiger partial charge in [-0.25, -0.2) is 8.42 Å². The number of aromatic nitrogens is 1. The smallest absolute Gasteiger partial charge is 0.243 e. The zero-order chi connectivity index (χ0) is 23.4. The number of carbonyl (C=O) groups is 1. The van der Waals surface area contributed by atoms with Gasteiger partial charge in [-0.15, -0.1) is 0 Å². The summed E-state index contributed by atoms with van der Waals surface area (Å²) in [6, 6.07) is 7.30. The van der Waals surface area contributed by atoms with E-state index in [1.807, 2.05) is 18.3 Å². The molecule has 0 atom stereocenters. The summed E-state index contributed by atoms with van der Waals surface area (Å²) in [7, 11) is -3.56. The molecule has 0 spiro atoms. The number of fused-ring (bicyclic) bond motifs is 1. The van der Waals surface area contributed by atoms with Gasteiger partial charge in [-0.3, -0.25) is 9.69 Å². The van der Waals surface area contributed by atoms with Crippen LogP contribution in [0.25, 0.3) is 10.9 Å². The molecule has 2 aliphatic rings. The molecular formula is C24H37N5O3S. The van der Waals surface area contributed by atoms with Gasteiger partial charge in [-0.1, -0.05) is 6.92 Å². The minimum absolute atomic E-state index is 0.0570. The molecule has 8 nitrogen and oxygen atoms in total. The highest BCUT2D eigenvalue weighted by Crippen LogP contribution is 2.27. The van der Waals surface area contributed by atoms with Crippen LogP contribution in [-0.2, 0) is 21.4 Å². The number of rotatable bonds is 8. The van der Waals surface area contributed by atoms with Crippen LogP contribution < -0.4 is 5.32 Å². The summed E-state index contributed by atoms with van der Waals surface area (Å²) in [6.45, 7) is 12.8. The van der Waals surface area contributed by atoms with E-state index in [0.717, 1.165) is 56.7 Å². The summed E-state index contributed by atoms with van der Waals surface area (Å²) in [5.41, 5.74) is 1.04. The standard InChI is InChI=1S/C24H37N5O3S/c1-3-26-15-17-27(18-16-26)14-10-25-24(30)20-8-12-29(13-9-20)33(31,32)22-5-6-23-21(19-22)7-11-28(23)4-2/h5-7,11,19-20H,3-4,8-10,12-18H2,1-2H3,(H,25,30). The second-order valence-electron chi connectivity index (χ2n) is 9.07. The van der Waals surface area contributed by atoms with Crippen molar-refractivity contribution in [3.63, 3.8) is 0 Å². The third kappa shape index (κ3) is 5.42. The molecule has 4 rings (SSSR count). The Kier molecular flexibility index (Phi) is 7.73. The van der Waals surface area contributed by atoms with Crippen molar-refractivity contribution in [1.29, 1.82) is 0 Å². The Morgan fingerprint density at radius 1 is 0.970 bits per heavy atom. The zero-order valence-corrected chi connectivity index (χ0v) is 20.7. The molecule has 0 saturated carbocycles. The number of sulfonamides is 1. The van der Waals surface area contributed by atoms with Gasteiger partial charge in [0, 0.05) is 81.9 Å². The van der Waals surface area contributed by atoms with Crippen molar-refractivity contribution < 1.29 is 13.2 Å². The third-order valence-corrected chi connectivity index (χ3v) is 9.08. The average Bonchev–Trinajstić information content (AvgIpc) is 3.27. The van der Waals surface area contributed by atoms with Gasteiger partial charge in [-0.2, -0.15) is 4.31 Å². The second kappa shape index (κ2) is 10.5. The van der Waals surface area contributed by atoms with E-state index in [4.69, 9.17) is 0 Å². The highest BCUT2D eigenvalue weighted by Gasteiger charge is 2.32. The molecule has 33 heavy (non-hydrogen) atoms. The largest absolute Gasteiger partial charge is 0.355 e. The van der Waals surface area contributed by atoms with Gasteiger partial charge in [0.2, 0.25) is 15.9 Å². The number of piperazine rings is 1. The molecule has 182 valence electrons. The number of hydrogen-bond acceptors (Lipinski definition) is 5. The van der Waals surface area contributed by atoms with Crippen LogP contribution in [0.5, 0.6) is 0 Å². The van der Waals surface area contributed by atoms with Crippen LogP contribution in [0.15, 0.2) is 35.4 Å². The van der Waals surface area contributed by atoms with Gasteiger partial charge < -0.3 is 14.8 Å². The van der Waals surface area contributed by atoms with E-state index < -0.39 is 10.0 Å². The van der Waals surface area contributed by atoms with Gasteiger partial charge in [-0.05, 0) is 50.6 Å². The lowest BCUT2D eigenvalue weighted by atomic mass is 9.97. The molecule has 0 radical (unpaired) electrons. The number of piperidine rings is 1. The number of benzene rings is 1. The van der Waals surface area contributed by atoms with Gasteiger partial charge in [0.25, 0.3) is 0 Å². The second-order valence-corrected chi connectivity index (χ2v) is 11.0. The molecule has 1 aromatic carbocycles. The van der Waals surface area contributed by atoms with Crippen LogP contribution in [-0.4, -0.2) is 91.9 Å². The summed E-state index contributed by atoms with van der Waals surface area (Å²) >= 11 is 0. The first-order chi connectivity index (χ1) is 15.9. The summed E-state index contributed by atoms with van der Waals surface area (Å²) in [6.07, 6.45) is 3.11. The first kappa shape index (κ1) is 24.2. The minimum Gasteiger partial charge on any atom is -0.355 e. The van der Waals surface area contributed by atoms with Crippen LogP contribution in [0.3, 0.4) is 0 Å². The quantitative estimate of drug-likeness (QED) is 0.630.